The largest absolute Gasteiger partial charge is 0.368 e. The maximum Gasteiger partial charge on any atom is 0.297 e. The molecule has 0 unspecified atom stereocenters. The number of aromatic nitrogens is 2. The van der Waals surface area contributed by atoms with Crippen LogP contribution >= 0.6 is 0 Å². The summed E-state index contributed by atoms with van der Waals surface area (Å²) >= 11 is 0. The average molecular weight is 328 g/mol. The Balaban J connectivity index is 1.38. The Morgan fingerprint density at radius 1 is 1.38 bits per heavy atom. The lowest BCUT2D eigenvalue weighted by Crippen LogP contribution is -2.66. The predicted molar refractivity (Wildman–Crippen MR) is 95.0 cm³/mol. The standard InChI is InChI=1S/C19H29N5/c1-19(2)12-6-16(19)15-11-24-18(22-17(15)7-12)8-14(9-21-24)23-5-4-13(10-23)20-3/h8-9,12-13,15-17,20H,4-7,10-11H2,1-3H3/p+1/t12-,13-,15+,16+,17+/m1/s1. The van der Waals surface area contributed by atoms with Gasteiger partial charge >= 0.3 is 0 Å². The Labute approximate surface area is 144 Å². The lowest BCUT2D eigenvalue weighted by Gasteiger charge is -2.61. The zero-order chi connectivity index (χ0) is 16.5. The number of nitrogens with zero attached hydrogens (tertiary/aromatic N) is 3. The molecule has 3 heterocycles. The van der Waals surface area contributed by atoms with E-state index in [4.69, 9.17) is 5.10 Å². The summed E-state index contributed by atoms with van der Waals surface area (Å²) in [5, 5.41) is 12.0. The molecule has 2 bridgehead atoms. The molecule has 24 heavy (non-hydrogen) atoms. The van der Waals surface area contributed by atoms with Crippen molar-refractivity contribution in [3.63, 3.8) is 0 Å². The molecule has 130 valence electrons. The molecule has 4 fully saturated rings. The topological polar surface area (TPSA) is 44.1 Å². The number of hydrogen-bond donors (Lipinski definition) is 2. The van der Waals surface area contributed by atoms with Gasteiger partial charge in [-0.2, -0.15) is 0 Å². The lowest BCUT2D eigenvalue weighted by atomic mass is 9.44. The highest BCUT2D eigenvalue weighted by Crippen LogP contribution is 2.62. The van der Waals surface area contributed by atoms with Crippen LogP contribution in [0.5, 0.6) is 0 Å². The molecule has 3 saturated carbocycles. The van der Waals surface area contributed by atoms with E-state index in [0.29, 0.717) is 17.5 Å². The number of fused-ring (bicyclic) bond motifs is 1. The van der Waals surface area contributed by atoms with Gasteiger partial charge in [-0.1, -0.05) is 18.9 Å². The Hall–Kier alpha value is -1.36. The van der Waals surface area contributed by atoms with E-state index in [2.05, 4.69) is 53.4 Å². The van der Waals surface area contributed by atoms with Crippen LogP contribution < -0.4 is 20.2 Å². The first-order valence-electron chi connectivity index (χ1n) is 9.65. The van der Waals surface area contributed by atoms with E-state index in [-0.39, 0.29) is 0 Å². The Bertz CT molecular complexity index is 657. The molecule has 5 nitrogen and oxygen atoms in total. The number of nitrogens with one attached hydrogen (secondary N) is 2. The minimum atomic E-state index is 0.540. The van der Waals surface area contributed by atoms with Gasteiger partial charge in [0.25, 0.3) is 5.82 Å². The van der Waals surface area contributed by atoms with Crippen LogP contribution in [0.2, 0.25) is 0 Å². The Kier molecular flexibility index (Phi) is 3.16. The molecular formula is C19H30N5+. The molecule has 1 aromatic rings. The van der Waals surface area contributed by atoms with Gasteiger partial charge in [-0.05, 0) is 43.6 Å². The van der Waals surface area contributed by atoms with Gasteiger partial charge in [0.15, 0.2) is 0 Å². The van der Waals surface area contributed by atoms with Crippen LogP contribution in [0.25, 0.3) is 0 Å². The molecule has 0 spiro atoms. The highest BCUT2D eigenvalue weighted by Gasteiger charge is 2.60. The molecule has 1 saturated heterocycles. The van der Waals surface area contributed by atoms with Gasteiger partial charge in [0.05, 0.1) is 18.0 Å². The van der Waals surface area contributed by atoms with E-state index in [9.17, 15) is 0 Å². The Morgan fingerprint density at radius 3 is 3.00 bits per heavy atom. The van der Waals surface area contributed by atoms with Crippen molar-refractivity contribution in [1.29, 1.82) is 0 Å². The van der Waals surface area contributed by atoms with Crippen molar-refractivity contribution in [1.82, 2.24) is 10.4 Å². The van der Waals surface area contributed by atoms with E-state index in [1.165, 1.54) is 30.8 Å². The maximum atomic E-state index is 4.80. The summed E-state index contributed by atoms with van der Waals surface area (Å²) in [5.41, 5.74) is 1.81. The van der Waals surface area contributed by atoms with Crippen LogP contribution in [-0.4, -0.2) is 37.3 Å². The van der Waals surface area contributed by atoms with Crippen molar-refractivity contribution in [2.75, 3.05) is 30.4 Å². The molecule has 0 radical (unpaired) electrons. The second kappa shape index (κ2) is 5.07. The molecule has 3 aliphatic carbocycles. The summed E-state index contributed by atoms with van der Waals surface area (Å²) in [6.07, 6.45) is 6.06. The third-order valence-electron chi connectivity index (χ3n) is 7.69. The van der Waals surface area contributed by atoms with Gasteiger partial charge in [-0.3, -0.25) is 5.32 Å². The molecule has 2 N–H and O–H groups in total. The molecule has 0 aromatic carbocycles. The third kappa shape index (κ3) is 2.03. The van der Waals surface area contributed by atoms with E-state index < -0.39 is 0 Å². The predicted octanol–water partition coefficient (Wildman–Crippen LogP) is 1.64. The average Bonchev–Trinajstić information content (AvgIpc) is 3.07. The van der Waals surface area contributed by atoms with Crippen molar-refractivity contribution < 1.29 is 4.68 Å². The molecule has 0 amide bonds. The van der Waals surface area contributed by atoms with E-state index in [1.807, 2.05) is 0 Å². The summed E-state index contributed by atoms with van der Waals surface area (Å²) in [7, 11) is 2.06. The van der Waals surface area contributed by atoms with Crippen LogP contribution in [0.4, 0.5) is 11.5 Å². The molecule has 6 rings (SSSR count). The van der Waals surface area contributed by atoms with Gasteiger partial charge in [-0.25, -0.2) is 0 Å². The van der Waals surface area contributed by atoms with Crippen LogP contribution in [0.15, 0.2) is 12.3 Å². The normalized spacial score (nSPS) is 38.8. The molecule has 5 aliphatic rings. The molecule has 5 heteroatoms. The molecular weight excluding hydrogens is 298 g/mol. The first kappa shape index (κ1) is 14.9. The number of hydrogen-bond acceptors (Lipinski definition) is 4. The summed E-state index contributed by atoms with van der Waals surface area (Å²) in [6.45, 7) is 8.26. The first-order valence-corrected chi connectivity index (χ1v) is 9.65. The van der Waals surface area contributed by atoms with E-state index >= 15 is 0 Å². The third-order valence-corrected chi connectivity index (χ3v) is 7.69. The van der Waals surface area contributed by atoms with Gasteiger partial charge in [-0.15, -0.1) is 4.68 Å². The highest BCUT2D eigenvalue weighted by molar-refractivity contribution is 5.52. The van der Waals surface area contributed by atoms with Crippen molar-refractivity contribution in [3.8, 4) is 0 Å². The fraction of sp³-hybridized carbons (Fsp3) is 0.789. The summed E-state index contributed by atoms with van der Waals surface area (Å²) in [4.78, 5) is 2.46. The van der Waals surface area contributed by atoms with Crippen LogP contribution in [-0.2, 0) is 6.54 Å². The van der Waals surface area contributed by atoms with Gasteiger partial charge in [0.1, 0.15) is 12.6 Å². The molecule has 5 atom stereocenters. The number of rotatable bonds is 2. The second-order valence-corrected chi connectivity index (χ2v) is 9.01. The van der Waals surface area contributed by atoms with Crippen molar-refractivity contribution in [2.24, 2.45) is 23.2 Å². The van der Waals surface area contributed by atoms with E-state index in [0.717, 1.165) is 37.4 Å². The fourth-order valence-electron chi connectivity index (χ4n) is 5.86. The van der Waals surface area contributed by atoms with Crippen LogP contribution in [0.3, 0.4) is 0 Å². The van der Waals surface area contributed by atoms with Gasteiger partial charge in [0.2, 0.25) is 0 Å². The summed E-state index contributed by atoms with van der Waals surface area (Å²) < 4.78 is 2.21. The minimum Gasteiger partial charge on any atom is -0.368 e. The fourth-order valence-corrected chi connectivity index (χ4v) is 5.86. The first-order chi connectivity index (χ1) is 11.6. The van der Waals surface area contributed by atoms with Crippen LogP contribution in [0, 0.1) is 23.2 Å². The smallest absolute Gasteiger partial charge is 0.297 e. The zero-order valence-electron chi connectivity index (χ0n) is 15.1. The van der Waals surface area contributed by atoms with Gasteiger partial charge < -0.3 is 10.2 Å². The monoisotopic (exact) mass is 328 g/mol. The molecule has 2 aliphatic heterocycles. The van der Waals surface area contributed by atoms with Crippen molar-refractivity contribution in [3.05, 3.63) is 12.3 Å². The van der Waals surface area contributed by atoms with Crippen molar-refractivity contribution in [2.45, 2.75) is 51.7 Å². The molecule has 1 aromatic heterocycles. The summed E-state index contributed by atoms with van der Waals surface area (Å²) in [5.74, 6) is 3.75. The van der Waals surface area contributed by atoms with E-state index in [1.54, 1.807) is 0 Å². The second-order valence-electron chi connectivity index (χ2n) is 9.01. The Morgan fingerprint density at radius 2 is 2.25 bits per heavy atom. The number of anilines is 2. The number of likely N-dealkylation sites (N-methyl/N-ethyl adjacent to an activating group) is 1. The zero-order valence-corrected chi connectivity index (χ0v) is 15.1. The SMILES string of the molecule is CN[C@@H]1CCN(c2cn[n+]3c(c2)N[C@H]2C[C@H]4C[C@@H]([C@@H]2C3)C4(C)C)C1. The maximum absolute atomic E-state index is 4.80. The highest BCUT2D eigenvalue weighted by atomic mass is 15.3. The van der Waals surface area contributed by atoms with Crippen molar-refractivity contribution >= 4 is 11.5 Å². The van der Waals surface area contributed by atoms with Crippen LogP contribution in [0.1, 0.15) is 33.1 Å². The van der Waals surface area contributed by atoms with Gasteiger partial charge in [0, 0.05) is 25.0 Å². The summed E-state index contributed by atoms with van der Waals surface area (Å²) in [6, 6.07) is 3.59. The quantitative estimate of drug-likeness (QED) is 0.810. The lowest BCUT2D eigenvalue weighted by molar-refractivity contribution is -0.753. The minimum absolute atomic E-state index is 0.540.